The molecule has 3 rings (SSSR count). The summed E-state index contributed by atoms with van der Waals surface area (Å²) in [5.74, 6) is -1.12. The van der Waals surface area contributed by atoms with Gasteiger partial charge in [0.05, 0.1) is 0 Å². The number of rotatable bonds is 4. The van der Waals surface area contributed by atoms with Gasteiger partial charge in [0, 0.05) is 57.1 Å². The molecular weight excluding hydrogens is 326 g/mol. The Kier molecular flexibility index (Phi) is 5.13. The van der Waals surface area contributed by atoms with E-state index in [0.717, 1.165) is 12.5 Å². The van der Waals surface area contributed by atoms with Crippen LogP contribution < -0.4 is 0 Å². The minimum Gasteiger partial charge on any atom is -0.335 e. The van der Waals surface area contributed by atoms with Crippen molar-refractivity contribution in [3.63, 3.8) is 0 Å². The number of amides is 1. The van der Waals surface area contributed by atoms with Crippen molar-refractivity contribution in [1.82, 2.24) is 19.6 Å². The summed E-state index contributed by atoms with van der Waals surface area (Å²) in [4.78, 5) is 16.5. The SMILES string of the molecule is CCC(c1ccc(F)cc1F)N1CCN(C(=O)c2ccnn2C)CC1. The predicted octanol–water partition coefficient (Wildman–Crippen LogP) is 2.61. The van der Waals surface area contributed by atoms with Gasteiger partial charge >= 0.3 is 0 Å². The van der Waals surface area contributed by atoms with Gasteiger partial charge in [-0.15, -0.1) is 0 Å². The van der Waals surface area contributed by atoms with Gasteiger partial charge in [0.1, 0.15) is 17.3 Å². The van der Waals surface area contributed by atoms with Gasteiger partial charge in [0.2, 0.25) is 0 Å². The molecule has 0 radical (unpaired) electrons. The lowest BCUT2D eigenvalue weighted by Crippen LogP contribution is -2.50. The maximum atomic E-state index is 14.1. The summed E-state index contributed by atoms with van der Waals surface area (Å²) in [5.41, 5.74) is 1.07. The fraction of sp³-hybridized carbons (Fsp3) is 0.444. The van der Waals surface area contributed by atoms with E-state index in [1.165, 1.54) is 12.1 Å². The van der Waals surface area contributed by atoms with E-state index < -0.39 is 11.6 Å². The molecule has 2 heterocycles. The molecule has 1 aromatic carbocycles. The van der Waals surface area contributed by atoms with Crippen LogP contribution in [-0.4, -0.2) is 51.7 Å². The van der Waals surface area contributed by atoms with Crippen LogP contribution in [0, 0.1) is 11.6 Å². The standard InChI is InChI=1S/C18H22F2N4O/c1-3-16(14-5-4-13(19)12-15(14)20)23-8-10-24(11-9-23)18(25)17-6-7-21-22(17)2/h4-7,12,16H,3,8-11H2,1-2H3. The molecule has 0 spiro atoms. The number of carbonyl (C=O) groups excluding carboxylic acids is 1. The van der Waals surface area contributed by atoms with Crippen LogP contribution in [0.2, 0.25) is 0 Å². The molecule has 2 aromatic rings. The van der Waals surface area contributed by atoms with Crippen molar-refractivity contribution in [2.45, 2.75) is 19.4 Å². The lowest BCUT2D eigenvalue weighted by Gasteiger charge is -2.39. The molecule has 25 heavy (non-hydrogen) atoms. The Hall–Kier alpha value is -2.28. The van der Waals surface area contributed by atoms with Crippen LogP contribution >= 0.6 is 0 Å². The summed E-state index contributed by atoms with van der Waals surface area (Å²) in [7, 11) is 1.74. The Balaban J connectivity index is 1.68. The quantitative estimate of drug-likeness (QED) is 0.853. The average molecular weight is 348 g/mol. The maximum absolute atomic E-state index is 14.1. The van der Waals surface area contributed by atoms with Crippen molar-refractivity contribution in [2.75, 3.05) is 26.2 Å². The van der Waals surface area contributed by atoms with Crippen molar-refractivity contribution in [2.24, 2.45) is 7.05 Å². The Morgan fingerprint density at radius 2 is 1.92 bits per heavy atom. The number of hydrogen-bond acceptors (Lipinski definition) is 3. The van der Waals surface area contributed by atoms with Crippen molar-refractivity contribution in [3.8, 4) is 0 Å². The normalized spacial score (nSPS) is 16.9. The highest BCUT2D eigenvalue weighted by molar-refractivity contribution is 5.92. The molecule has 1 atom stereocenters. The summed E-state index contributed by atoms with van der Waals surface area (Å²) in [5, 5.41) is 4.03. The van der Waals surface area contributed by atoms with Gasteiger partial charge in [-0.1, -0.05) is 13.0 Å². The summed E-state index contributed by atoms with van der Waals surface area (Å²) in [6.45, 7) is 4.44. The molecule has 1 amide bonds. The Morgan fingerprint density at radius 3 is 2.48 bits per heavy atom. The van der Waals surface area contributed by atoms with E-state index in [9.17, 15) is 13.6 Å². The Morgan fingerprint density at radius 1 is 1.20 bits per heavy atom. The molecule has 1 saturated heterocycles. The van der Waals surface area contributed by atoms with Gasteiger partial charge in [0.25, 0.3) is 5.91 Å². The Bertz CT molecular complexity index is 753. The van der Waals surface area contributed by atoms with Crippen LogP contribution in [0.25, 0.3) is 0 Å². The van der Waals surface area contributed by atoms with Crippen LogP contribution in [0.5, 0.6) is 0 Å². The molecule has 0 bridgehead atoms. The largest absolute Gasteiger partial charge is 0.335 e. The zero-order valence-electron chi connectivity index (χ0n) is 14.5. The van der Waals surface area contributed by atoms with Crippen LogP contribution in [0.1, 0.15) is 35.4 Å². The third-order valence-electron chi connectivity index (χ3n) is 4.79. The first-order valence-electron chi connectivity index (χ1n) is 8.47. The highest BCUT2D eigenvalue weighted by atomic mass is 19.1. The fourth-order valence-electron chi connectivity index (χ4n) is 3.43. The molecule has 1 aliphatic rings. The van der Waals surface area contributed by atoms with E-state index in [0.29, 0.717) is 37.4 Å². The second-order valence-corrected chi connectivity index (χ2v) is 6.26. The van der Waals surface area contributed by atoms with E-state index in [1.54, 1.807) is 28.9 Å². The summed E-state index contributed by atoms with van der Waals surface area (Å²) < 4.78 is 28.9. The van der Waals surface area contributed by atoms with Gasteiger partial charge in [-0.05, 0) is 18.6 Å². The molecule has 1 aromatic heterocycles. The topological polar surface area (TPSA) is 41.4 Å². The van der Waals surface area contributed by atoms with Gasteiger partial charge in [-0.3, -0.25) is 14.4 Å². The number of nitrogens with zero attached hydrogens (tertiary/aromatic N) is 4. The fourth-order valence-corrected chi connectivity index (χ4v) is 3.43. The summed E-state index contributed by atoms with van der Waals surface area (Å²) in [6.07, 6.45) is 2.33. The number of hydrogen-bond donors (Lipinski definition) is 0. The van der Waals surface area contributed by atoms with Crippen molar-refractivity contribution >= 4 is 5.91 Å². The van der Waals surface area contributed by atoms with E-state index in [1.807, 2.05) is 6.92 Å². The molecule has 134 valence electrons. The van der Waals surface area contributed by atoms with Gasteiger partial charge < -0.3 is 4.90 Å². The van der Waals surface area contributed by atoms with E-state index in [-0.39, 0.29) is 11.9 Å². The van der Waals surface area contributed by atoms with Crippen LogP contribution in [0.15, 0.2) is 30.5 Å². The van der Waals surface area contributed by atoms with Crippen molar-refractivity contribution in [1.29, 1.82) is 0 Å². The van der Waals surface area contributed by atoms with Gasteiger partial charge in [-0.25, -0.2) is 8.78 Å². The summed E-state index contributed by atoms with van der Waals surface area (Å²) in [6, 6.07) is 5.34. The first-order chi connectivity index (χ1) is 12.0. The number of piperazine rings is 1. The van der Waals surface area contributed by atoms with E-state index >= 15 is 0 Å². The van der Waals surface area contributed by atoms with Gasteiger partial charge in [-0.2, -0.15) is 5.10 Å². The molecule has 0 N–H and O–H groups in total. The van der Waals surface area contributed by atoms with Gasteiger partial charge in [0.15, 0.2) is 0 Å². The van der Waals surface area contributed by atoms with Crippen LogP contribution in [-0.2, 0) is 7.05 Å². The zero-order chi connectivity index (χ0) is 18.0. The first kappa shape index (κ1) is 17.5. The van der Waals surface area contributed by atoms with Crippen molar-refractivity contribution in [3.05, 3.63) is 53.4 Å². The lowest BCUT2D eigenvalue weighted by molar-refractivity contribution is 0.0549. The van der Waals surface area contributed by atoms with E-state index in [2.05, 4.69) is 10.00 Å². The molecular formula is C18H22F2N4O. The highest BCUT2D eigenvalue weighted by Crippen LogP contribution is 2.28. The monoisotopic (exact) mass is 348 g/mol. The molecule has 0 aliphatic carbocycles. The minimum absolute atomic E-state index is 0.0411. The first-order valence-corrected chi connectivity index (χ1v) is 8.47. The number of aromatic nitrogens is 2. The minimum atomic E-state index is -0.567. The molecule has 7 heteroatoms. The highest BCUT2D eigenvalue weighted by Gasteiger charge is 2.28. The van der Waals surface area contributed by atoms with Crippen LogP contribution in [0.4, 0.5) is 8.78 Å². The second-order valence-electron chi connectivity index (χ2n) is 6.26. The third kappa shape index (κ3) is 3.56. The number of aryl methyl sites for hydroxylation is 1. The Labute approximate surface area is 145 Å². The molecule has 0 saturated carbocycles. The molecule has 1 aliphatic heterocycles. The number of halogens is 2. The van der Waals surface area contributed by atoms with Crippen molar-refractivity contribution < 1.29 is 13.6 Å². The average Bonchev–Trinajstić information content (AvgIpc) is 3.03. The lowest BCUT2D eigenvalue weighted by atomic mass is 10.0. The second kappa shape index (κ2) is 7.31. The molecule has 1 fully saturated rings. The number of benzene rings is 1. The molecule has 1 unspecified atom stereocenters. The predicted molar refractivity (Wildman–Crippen MR) is 90.1 cm³/mol. The molecule has 5 nitrogen and oxygen atoms in total. The summed E-state index contributed by atoms with van der Waals surface area (Å²) >= 11 is 0. The smallest absolute Gasteiger partial charge is 0.272 e. The zero-order valence-corrected chi connectivity index (χ0v) is 14.5. The van der Waals surface area contributed by atoms with E-state index in [4.69, 9.17) is 0 Å². The number of carbonyl (C=O) groups is 1. The maximum Gasteiger partial charge on any atom is 0.272 e. The third-order valence-corrected chi connectivity index (χ3v) is 4.79. The van der Waals surface area contributed by atoms with Crippen LogP contribution in [0.3, 0.4) is 0 Å².